The lowest BCUT2D eigenvalue weighted by Crippen LogP contribution is -2.51. The van der Waals surface area contributed by atoms with Crippen LogP contribution in [0.2, 0.25) is 25.7 Å². The van der Waals surface area contributed by atoms with E-state index in [-0.39, 0.29) is 11.9 Å². The molecule has 2 bridgehead atoms. The number of methoxy groups -OCH3 is 1. The standard InChI is InChI=1S/C24H36O5Si/c1-14-10-17(12-18(11-14)28-4)20-13-19-21(25)15(2)16(3)24(20,22(19)26)23(27)29-8-9-30(5,6)7/h10-12,19-22,25-26H,8-9,13H2,1-7H3. The van der Waals surface area contributed by atoms with Gasteiger partial charge in [-0.3, -0.25) is 4.79 Å². The van der Waals surface area contributed by atoms with E-state index in [4.69, 9.17) is 9.47 Å². The first-order valence-corrected chi connectivity index (χ1v) is 14.5. The Hall–Kier alpha value is -1.63. The number of fused-ring (bicyclic) bond motifs is 2. The van der Waals surface area contributed by atoms with Crippen LogP contribution in [0, 0.1) is 18.3 Å². The maximum atomic E-state index is 13.6. The number of aliphatic hydroxyl groups excluding tert-OH is 2. The van der Waals surface area contributed by atoms with Crippen molar-refractivity contribution in [3.8, 4) is 5.75 Å². The smallest absolute Gasteiger partial charge is 0.319 e. The van der Waals surface area contributed by atoms with Gasteiger partial charge in [-0.1, -0.05) is 31.3 Å². The third-order valence-electron chi connectivity index (χ3n) is 7.13. The molecule has 0 amide bonds. The zero-order valence-corrected chi connectivity index (χ0v) is 20.3. The Labute approximate surface area is 181 Å². The molecule has 2 aliphatic carbocycles. The summed E-state index contributed by atoms with van der Waals surface area (Å²) in [4.78, 5) is 13.6. The first kappa shape index (κ1) is 23.0. The van der Waals surface area contributed by atoms with Gasteiger partial charge < -0.3 is 19.7 Å². The molecule has 6 heteroatoms. The summed E-state index contributed by atoms with van der Waals surface area (Å²) in [6, 6.07) is 6.81. The zero-order valence-electron chi connectivity index (χ0n) is 19.3. The Balaban J connectivity index is 2.09. The molecule has 2 aliphatic rings. The van der Waals surface area contributed by atoms with Crippen LogP contribution in [-0.4, -0.2) is 50.2 Å². The molecule has 1 aromatic carbocycles. The Kier molecular flexibility index (Phi) is 6.25. The van der Waals surface area contributed by atoms with Crippen LogP contribution < -0.4 is 4.74 Å². The van der Waals surface area contributed by atoms with Crippen LogP contribution in [0.15, 0.2) is 29.3 Å². The summed E-state index contributed by atoms with van der Waals surface area (Å²) in [7, 11) is 0.260. The summed E-state index contributed by atoms with van der Waals surface area (Å²) in [5.74, 6) is -0.320. The molecule has 2 N–H and O–H groups in total. The van der Waals surface area contributed by atoms with Gasteiger partial charge in [0, 0.05) is 19.9 Å². The highest BCUT2D eigenvalue weighted by molar-refractivity contribution is 6.76. The van der Waals surface area contributed by atoms with E-state index in [2.05, 4.69) is 19.6 Å². The van der Waals surface area contributed by atoms with Crippen molar-refractivity contribution in [1.29, 1.82) is 0 Å². The van der Waals surface area contributed by atoms with E-state index < -0.39 is 31.6 Å². The van der Waals surface area contributed by atoms with Gasteiger partial charge in [0.1, 0.15) is 11.2 Å². The van der Waals surface area contributed by atoms with Crippen molar-refractivity contribution in [3.63, 3.8) is 0 Å². The van der Waals surface area contributed by atoms with E-state index in [1.165, 1.54) is 0 Å². The fourth-order valence-electron chi connectivity index (χ4n) is 5.26. The molecule has 0 spiro atoms. The van der Waals surface area contributed by atoms with Crippen molar-refractivity contribution in [1.82, 2.24) is 0 Å². The van der Waals surface area contributed by atoms with Gasteiger partial charge in [-0.25, -0.2) is 0 Å². The molecule has 0 aliphatic heterocycles. The first-order valence-electron chi connectivity index (χ1n) is 10.8. The van der Waals surface area contributed by atoms with Gasteiger partial charge in [0.2, 0.25) is 0 Å². The summed E-state index contributed by atoms with van der Waals surface area (Å²) in [5, 5.41) is 22.2. The van der Waals surface area contributed by atoms with Crippen molar-refractivity contribution in [3.05, 3.63) is 40.5 Å². The number of aryl methyl sites for hydroxylation is 1. The topological polar surface area (TPSA) is 76.0 Å². The van der Waals surface area contributed by atoms with Crippen molar-refractivity contribution < 1.29 is 24.5 Å². The highest BCUT2D eigenvalue weighted by atomic mass is 28.3. The van der Waals surface area contributed by atoms with E-state index in [1.807, 2.05) is 39.0 Å². The molecule has 5 unspecified atom stereocenters. The highest BCUT2D eigenvalue weighted by Gasteiger charge is 2.66. The molecule has 0 saturated heterocycles. The minimum atomic E-state index is -1.37. The van der Waals surface area contributed by atoms with Gasteiger partial charge in [-0.05, 0) is 62.1 Å². The van der Waals surface area contributed by atoms with Crippen LogP contribution in [0.4, 0.5) is 0 Å². The number of ether oxygens (including phenoxy) is 2. The first-order chi connectivity index (χ1) is 13.9. The predicted molar refractivity (Wildman–Crippen MR) is 121 cm³/mol. The summed E-state index contributed by atoms with van der Waals surface area (Å²) < 4.78 is 11.3. The monoisotopic (exact) mass is 432 g/mol. The largest absolute Gasteiger partial charge is 0.497 e. The molecule has 0 aromatic heterocycles. The van der Waals surface area contributed by atoms with E-state index in [0.717, 1.165) is 34.1 Å². The minimum absolute atomic E-state index is 0.280. The normalized spacial score (nSPS) is 31.1. The van der Waals surface area contributed by atoms with Crippen LogP contribution in [0.3, 0.4) is 0 Å². The lowest BCUT2D eigenvalue weighted by Gasteiger charge is -2.42. The maximum absolute atomic E-state index is 13.6. The van der Waals surface area contributed by atoms with Gasteiger partial charge in [0.25, 0.3) is 0 Å². The second-order valence-electron chi connectivity index (χ2n) is 10.2. The Bertz CT molecular complexity index is 856. The van der Waals surface area contributed by atoms with Gasteiger partial charge in [-0.15, -0.1) is 0 Å². The van der Waals surface area contributed by atoms with Gasteiger partial charge in [0.05, 0.1) is 25.9 Å². The summed E-state index contributed by atoms with van der Waals surface area (Å²) in [6.07, 6.45) is -1.21. The third-order valence-corrected chi connectivity index (χ3v) is 8.83. The fraction of sp³-hybridized carbons (Fsp3) is 0.625. The molecule has 1 saturated carbocycles. The zero-order chi connectivity index (χ0) is 22.4. The van der Waals surface area contributed by atoms with Crippen LogP contribution in [-0.2, 0) is 9.53 Å². The average Bonchev–Trinajstić information content (AvgIpc) is 2.93. The number of hydrogen-bond donors (Lipinski definition) is 2. The maximum Gasteiger partial charge on any atom is 0.319 e. The lowest BCUT2D eigenvalue weighted by molar-refractivity contribution is -0.161. The van der Waals surface area contributed by atoms with E-state index in [1.54, 1.807) is 7.11 Å². The number of rotatable bonds is 6. The number of carbonyl (C=O) groups excluding carboxylic acids is 1. The average molecular weight is 433 g/mol. The van der Waals surface area contributed by atoms with Gasteiger partial charge in [0.15, 0.2) is 0 Å². The number of aliphatic hydroxyl groups is 2. The minimum Gasteiger partial charge on any atom is -0.497 e. The van der Waals surface area contributed by atoms with Crippen molar-refractivity contribution in [2.45, 2.75) is 71.0 Å². The van der Waals surface area contributed by atoms with Crippen LogP contribution in [0.1, 0.15) is 37.3 Å². The van der Waals surface area contributed by atoms with Crippen molar-refractivity contribution in [2.24, 2.45) is 11.3 Å². The Morgan fingerprint density at radius 1 is 1.17 bits per heavy atom. The molecule has 5 nitrogen and oxygen atoms in total. The molecule has 5 atom stereocenters. The van der Waals surface area contributed by atoms with Crippen LogP contribution in [0.25, 0.3) is 0 Å². The second-order valence-corrected chi connectivity index (χ2v) is 15.9. The number of benzene rings is 1. The highest BCUT2D eigenvalue weighted by Crippen LogP contribution is 2.62. The van der Waals surface area contributed by atoms with Crippen molar-refractivity contribution >= 4 is 14.0 Å². The molecule has 0 heterocycles. The third kappa shape index (κ3) is 3.74. The molecule has 0 radical (unpaired) electrons. The van der Waals surface area contributed by atoms with E-state index in [9.17, 15) is 15.0 Å². The molecule has 1 fully saturated rings. The molecule has 30 heavy (non-hydrogen) atoms. The molecule has 166 valence electrons. The summed E-state index contributed by atoms with van der Waals surface area (Å²) in [5.41, 5.74) is 2.30. The Morgan fingerprint density at radius 3 is 2.43 bits per heavy atom. The lowest BCUT2D eigenvalue weighted by atomic mass is 9.64. The predicted octanol–water partition coefficient (Wildman–Crippen LogP) is 4.05. The number of carbonyl (C=O) groups is 1. The van der Waals surface area contributed by atoms with Gasteiger partial charge in [-0.2, -0.15) is 0 Å². The summed E-state index contributed by atoms with van der Waals surface area (Å²) >= 11 is 0. The molecular formula is C24H36O5Si. The van der Waals surface area contributed by atoms with Gasteiger partial charge >= 0.3 is 5.97 Å². The summed E-state index contributed by atoms with van der Waals surface area (Å²) in [6.45, 7) is 12.8. The SMILES string of the molecule is COc1cc(C)cc(C2CC3C(O)C(C)=C(C)C2(C(=O)OCC[Si](C)(C)C)C3O)c1. The van der Waals surface area contributed by atoms with E-state index in [0.29, 0.717) is 13.0 Å². The molecule has 3 rings (SSSR count). The van der Waals surface area contributed by atoms with Crippen LogP contribution >= 0.6 is 0 Å². The quantitative estimate of drug-likeness (QED) is 0.403. The number of esters is 1. The Morgan fingerprint density at radius 2 is 1.83 bits per heavy atom. The molecular weight excluding hydrogens is 396 g/mol. The fourth-order valence-corrected chi connectivity index (χ4v) is 5.98. The number of hydrogen-bond acceptors (Lipinski definition) is 5. The van der Waals surface area contributed by atoms with Crippen LogP contribution in [0.5, 0.6) is 5.75 Å². The van der Waals surface area contributed by atoms with E-state index >= 15 is 0 Å². The van der Waals surface area contributed by atoms with Crippen molar-refractivity contribution in [2.75, 3.05) is 13.7 Å². The second kappa shape index (κ2) is 8.13. The molecule has 1 aromatic rings.